The summed E-state index contributed by atoms with van der Waals surface area (Å²) in [6, 6.07) is 0. The summed E-state index contributed by atoms with van der Waals surface area (Å²) in [5.41, 5.74) is 3.40. The standard InChI is InChI=1S/2C8H11.2CH3.Hf/c2*1-2-5-8-6-3-4-7-8;;;/h2*3,6H,2,4-5H2,1H3;2*1H3;. The molecule has 0 fully saturated rings. The van der Waals surface area contributed by atoms with Crippen LogP contribution in [0.25, 0.3) is 0 Å². The third-order valence-corrected chi connectivity index (χ3v) is 19.2. The maximum atomic E-state index is 2.66. The first-order chi connectivity index (χ1) is 9.11. The molecular weight excluding hydrogens is 395 g/mol. The Morgan fingerprint density at radius 3 is 1.63 bits per heavy atom. The molecular formula is C18H28Hf. The molecule has 2 rings (SSSR count). The average molecular weight is 423 g/mol. The van der Waals surface area contributed by atoms with Crippen LogP contribution in [-0.2, 0) is 20.0 Å². The second kappa shape index (κ2) is 6.52. The minimum atomic E-state index is -2.39. The molecule has 0 amide bonds. The van der Waals surface area contributed by atoms with E-state index >= 15 is 0 Å². The first-order valence-electron chi connectivity index (χ1n) is 7.89. The van der Waals surface area contributed by atoms with Gasteiger partial charge in [0.1, 0.15) is 0 Å². The zero-order chi connectivity index (χ0) is 13.9. The molecule has 0 bridgehead atoms. The molecule has 0 unspecified atom stereocenters. The Bertz CT molecular complexity index is 416. The normalized spacial score (nSPS) is 19.2. The van der Waals surface area contributed by atoms with Gasteiger partial charge in [0.25, 0.3) is 0 Å². The molecule has 0 spiro atoms. The van der Waals surface area contributed by atoms with Crippen LogP contribution >= 0.6 is 0 Å². The van der Waals surface area contributed by atoms with E-state index in [2.05, 4.69) is 47.5 Å². The zero-order valence-corrected chi connectivity index (χ0v) is 16.6. The van der Waals surface area contributed by atoms with Gasteiger partial charge in [-0.1, -0.05) is 0 Å². The van der Waals surface area contributed by atoms with E-state index in [0.717, 1.165) is 0 Å². The van der Waals surface area contributed by atoms with Gasteiger partial charge in [-0.25, -0.2) is 0 Å². The Labute approximate surface area is 123 Å². The molecule has 0 aromatic heterocycles. The van der Waals surface area contributed by atoms with E-state index in [0.29, 0.717) is 0 Å². The minimum absolute atomic E-state index is 1.26. The molecule has 2 aliphatic rings. The Balaban J connectivity index is 2.32. The third-order valence-electron chi connectivity index (χ3n) is 4.60. The molecule has 0 nitrogen and oxygen atoms in total. The van der Waals surface area contributed by atoms with Gasteiger partial charge < -0.3 is 0 Å². The van der Waals surface area contributed by atoms with E-state index < -0.39 is 20.0 Å². The molecule has 0 aliphatic heterocycles. The topological polar surface area (TPSA) is 0 Å². The molecule has 0 aromatic rings. The second-order valence-electron chi connectivity index (χ2n) is 6.35. The summed E-state index contributed by atoms with van der Waals surface area (Å²) in [6.45, 7) is 4.61. The Hall–Kier alpha value is -0.170. The molecule has 0 heterocycles. The van der Waals surface area contributed by atoms with Crippen LogP contribution in [0.2, 0.25) is 9.36 Å². The van der Waals surface area contributed by atoms with Gasteiger partial charge in [0.05, 0.1) is 0 Å². The summed E-state index contributed by atoms with van der Waals surface area (Å²) in [7, 11) is 0. The first kappa shape index (κ1) is 15.2. The van der Waals surface area contributed by atoms with Gasteiger partial charge >= 0.3 is 124 Å². The van der Waals surface area contributed by atoms with E-state index in [4.69, 9.17) is 0 Å². The summed E-state index contributed by atoms with van der Waals surface area (Å²) in [5.74, 6) is 0. The Kier molecular flexibility index (Phi) is 5.22. The van der Waals surface area contributed by atoms with Crippen LogP contribution in [0.1, 0.15) is 52.4 Å². The first-order valence-corrected chi connectivity index (χ1v) is 18.7. The van der Waals surface area contributed by atoms with Gasteiger partial charge in [0.2, 0.25) is 0 Å². The van der Waals surface area contributed by atoms with Crippen LogP contribution in [0.4, 0.5) is 0 Å². The molecule has 0 N–H and O–H groups in total. The fraction of sp³-hybridized carbons (Fsp3) is 0.556. The molecule has 1 heteroatoms. The van der Waals surface area contributed by atoms with E-state index in [9.17, 15) is 0 Å². The monoisotopic (exact) mass is 424 g/mol. The van der Waals surface area contributed by atoms with Crippen LogP contribution in [-0.4, -0.2) is 0 Å². The summed E-state index contributed by atoms with van der Waals surface area (Å²) in [4.78, 5) is 0. The fourth-order valence-electron chi connectivity index (χ4n) is 3.60. The predicted octanol–water partition coefficient (Wildman–Crippen LogP) is 6.26. The van der Waals surface area contributed by atoms with Crippen molar-refractivity contribution in [3.63, 3.8) is 0 Å². The van der Waals surface area contributed by atoms with E-state index in [1.807, 2.05) is 6.66 Å². The van der Waals surface area contributed by atoms with E-state index in [1.54, 1.807) is 11.1 Å². The van der Waals surface area contributed by atoms with E-state index in [-0.39, 0.29) is 0 Å². The Morgan fingerprint density at radius 1 is 0.842 bits per heavy atom. The molecule has 0 aromatic carbocycles. The van der Waals surface area contributed by atoms with E-state index in [1.165, 1.54) is 38.5 Å². The van der Waals surface area contributed by atoms with Gasteiger partial charge in [-0.15, -0.1) is 0 Å². The molecule has 19 heavy (non-hydrogen) atoms. The van der Waals surface area contributed by atoms with Crippen molar-refractivity contribution in [2.45, 2.75) is 61.7 Å². The van der Waals surface area contributed by atoms with Crippen molar-refractivity contribution in [1.29, 1.82) is 0 Å². The molecule has 104 valence electrons. The van der Waals surface area contributed by atoms with Gasteiger partial charge in [-0.05, 0) is 0 Å². The number of hydrogen-bond acceptors (Lipinski definition) is 0. The number of allylic oxidation sites excluding steroid dienone is 8. The zero-order valence-electron chi connectivity index (χ0n) is 13.1. The van der Waals surface area contributed by atoms with Crippen molar-refractivity contribution in [3.8, 4) is 0 Å². The van der Waals surface area contributed by atoms with Crippen molar-refractivity contribution in [1.82, 2.24) is 0 Å². The quantitative estimate of drug-likeness (QED) is 0.443. The van der Waals surface area contributed by atoms with Crippen molar-refractivity contribution in [2.24, 2.45) is 0 Å². The molecule has 0 saturated heterocycles. The molecule has 0 atom stereocenters. The van der Waals surface area contributed by atoms with Crippen LogP contribution in [0.5, 0.6) is 0 Å². The second-order valence-corrected chi connectivity index (χ2v) is 22.4. The number of rotatable bonds is 6. The summed E-state index contributed by atoms with van der Waals surface area (Å²) in [6.07, 6.45) is 17.3. The fourth-order valence-corrected chi connectivity index (χ4v) is 16.7. The van der Waals surface area contributed by atoms with Gasteiger partial charge in [0, 0.05) is 0 Å². The average Bonchev–Trinajstić information content (AvgIpc) is 2.99. The van der Waals surface area contributed by atoms with Crippen LogP contribution < -0.4 is 0 Å². The van der Waals surface area contributed by atoms with Crippen molar-refractivity contribution in [2.75, 3.05) is 0 Å². The van der Waals surface area contributed by atoms with Gasteiger partial charge in [0.15, 0.2) is 0 Å². The van der Waals surface area contributed by atoms with Crippen LogP contribution in [0.15, 0.2) is 42.1 Å². The summed E-state index contributed by atoms with van der Waals surface area (Å²) in [5, 5.41) is 0. The Morgan fingerprint density at radius 2 is 1.26 bits per heavy atom. The van der Waals surface area contributed by atoms with Gasteiger partial charge in [-0.2, -0.15) is 0 Å². The van der Waals surface area contributed by atoms with Crippen molar-refractivity contribution < 1.29 is 20.0 Å². The van der Waals surface area contributed by atoms with Crippen LogP contribution in [0, 0.1) is 0 Å². The summed E-state index contributed by atoms with van der Waals surface area (Å²) < 4.78 is 9.09. The van der Waals surface area contributed by atoms with Crippen molar-refractivity contribution in [3.05, 3.63) is 42.1 Å². The molecule has 0 saturated carbocycles. The molecule has 0 radical (unpaired) electrons. The van der Waals surface area contributed by atoms with Crippen LogP contribution in [0.3, 0.4) is 0 Å². The van der Waals surface area contributed by atoms with Crippen molar-refractivity contribution >= 4 is 0 Å². The number of hydrogen-bond donors (Lipinski definition) is 0. The maximum absolute atomic E-state index is 2.66. The predicted molar refractivity (Wildman–Crippen MR) is 83.1 cm³/mol. The molecule has 2 aliphatic carbocycles. The SMILES string of the molecule is CCCC1=[C]([Hf]([CH3])([CH3])[C]2=C(CCC)C=CC2)CC=C1. The van der Waals surface area contributed by atoms with Gasteiger partial charge in [-0.3, -0.25) is 0 Å². The third kappa shape index (κ3) is 3.12. The summed E-state index contributed by atoms with van der Waals surface area (Å²) >= 11 is -2.39.